The van der Waals surface area contributed by atoms with Gasteiger partial charge in [-0.15, -0.1) is 11.6 Å². The quantitative estimate of drug-likeness (QED) is 0.597. The van der Waals surface area contributed by atoms with Crippen molar-refractivity contribution in [3.8, 4) is 17.6 Å². The molecule has 2 rings (SSSR count). The molecular weight excluding hydrogens is 268 g/mol. The van der Waals surface area contributed by atoms with Gasteiger partial charge in [0.05, 0.1) is 5.88 Å². The van der Waals surface area contributed by atoms with Gasteiger partial charge >= 0.3 is 0 Å². The van der Waals surface area contributed by atoms with E-state index in [9.17, 15) is 0 Å². The lowest BCUT2D eigenvalue weighted by atomic mass is 10.1. The Morgan fingerprint density at radius 2 is 1.65 bits per heavy atom. The summed E-state index contributed by atoms with van der Waals surface area (Å²) in [6.45, 7) is 4.77. The molecule has 0 aromatic heterocycles. The largest absolute Gasteiger partial charge is 0.489 e. The monoisotopic (exact) mass is 284 g/mol. The van der Waals surface area contributed by atoms with E-state index < -0.39 is 0 Å². The molecule has 0 radical (unpaired) electrons. The van der Waals surface area contributed by atoms with Crippen molar-refractivity contribution in [2.75, 3.05) is 5.88 Å². The molecule has 0 heterocycles. The Kier molecular flexibility index (Phi) is 5.09. The molecule has 0 unspecified atom stereocenters. The van der Waals surface area contributed by atoms with E-state index in [4.69, 9.17) is 16.3 Å². The number of alkyl halides is 1. The first-order valence-electron chi connectivity index (χ1n) is 6.52. The summed E-state index contributed by atoms with van der Waals surface area (Å²) < 4.78 is 5.79. The van der Waals surface area contributed by atoms with Crippen LogP contribution >= 0.6 is 11.6 Å². The smallest absolute Gasteiger partial charge is 0.119 e. The summed E-state index contributed by atoms with van der Waals surface area (Å²) in [7, 11) is 0. The van der Waals surface area contributed by atoms with Crippen LogP contribution in [0.1, 0.15) is 22.3 Å². The summed E-state index contributed by atoms with van der Waals surface area (Å²) in [5, 5.41) is 0. The first-order valence-corrected chi connectivity index (χ1v) is 7.06. The fourth-order valence-corrected chi connectivity index (χ4v) is 2.16. The van der Waals surface area contributed by atoms with Gasteiger partial charge in [-0.3, -0.25) is 0 Å². The van der Waals surface area contributed by atoms with Crippen molar-refractivity contribution in [3.63, 3.8) is 0 Å². The first-order chi connectivity index (χ1) is 9.67. The number of aryl methyl sites for hydroxylation is 2. The predicted molar refractivity (Wildman–Crippen MR) is 84.3 cm³/mol. The van der Waals surface area contributed by atoms with E-state index in [0.29, 0.717) is 12.5 Å². The van der Waals surface area contributed by atoms with E-state index in [1.54, 1.807) is 0 Å². The number of benzene rings is 2. The zero-order valence-corrected chi connectivity index (χ0v) is 12.5. The third kappa shape index (κ3) is 4.33. The SMILES string of the molecule is Cc1cc(C)cc(COc2ccc(C#CCCl)cc2)c1. The van der Waals surface area contributed by atoms with Gasteiger partial charge in [-0.25, -0.2) is 0 Å². The van der Waals surface area contributed by atoms with Crippen LogP contribution in [0.25, 0.3) is 0 Å². The summed E-state index contributed by atoms with van der Waals surface area (Å²) >= 11 is 5.53. The van der Waals surface area contributed by atoms with E-state index in [1.165, 1.54) is 16.7 Å². The Morgan fingerprint density at radius 3 is 2.25 bits per heavy atom. The zero-order valence-electron chi connectivity index (χ0n) is 11.7. The van der Waals surface area contributed by atoms with Crippen LogP contribution in [0.15, 0.2) is 42.5 Å². The Labute approximate surface area is 125 Å². The minimum Gasteiger partial charge on any atom is -0.489 e. The molecule has 0 bridgehead atoms. The number of halogens is 1. The van der Waals surface area contributed by atoms with Crippen molar-refractivity contribution in [3.05, 3.63) is 64.7 Å². The number of rotatable bonds is 3. The molecule has 2 aromatic rings. The van der Waals surface area contributed by atoms with E-state index in [2.05, 4.69) is 43.9 Å². The molecule has 0 aliphatic carbocycles. The van der Waals surface area contributed by atoms with Crippen LogP contribution in [-0.4, -0.2) is 5.88 Å². The third-order valence-corrected chi connectivity index (χ3v) is 2.97. The summed E-state index contributed by atoms with van der Waals surface area (Å²) in [4.78, 5) is 0. The Hall–Kier alpha value is -1.91. The number of hydrogen-bond donors (Lipinski definition) is 0. The van der Waals surface area contributed by atoms with Gasteiger partial charge < -0.3 is 4.74 Å². The molecule has 1 nitrogen and oxygen atoms in total. The minimum atomic E-state index is 0.352. The molecule has 0 saturated carbocycles. The van der Waals surface area contributed by atoms with E-state index >= 15 is 0 Å². The lowest BCUT2D eigenvalue weighted by Crippen LogP contribution is -1.96. The van der Waals surface area contributed by atoms with Crippen LogP contribution in [0.3, 0.4) is 0 Å². The molecule has 0 fully saturated rings. The summed E-state index contributed by atoms with van der Waals surface area (Å²) in [6.07, 6.45) is 0. The highest BCUT2D eigenvalue weighted by Gasteiger charge is 1.98. The zero-order chi connectivity index (χ0) is 14.4. The Balaban J connectivity index is 2.00. The van der Waals surface area contributed by atoms with Gasteiger partial charge in [0.2, 0.25) is 0 Å². The molecule has 0 saturated heterocycles. The fourth-order valence-electron chi connectivity index (χ4n) is 2.09. The van der Waals surface area contributed by atoms with E-state index in [0.717, 1.165) is 11.3 Å². The van der Waals surface area contributed by atoms with Crippen molar-refractivity contribution in [2.24, 2.45) is 0 Å². The van der Waals surface area contributed by atoms with E-state index in [-0.39, 0.29) is 0 Å². The van der Waals surface area contributed by atoms with Gasteiger partial charge in [0.25, 0.3) is 0 Å². The maximum absolute atomic E-state index is 5.79. The molecule has 0 amide bonds. The normalized spacial score (nSPS) is 9.75. The van der Waals surface area contributed by atoms with Crippen molar-refractivity contribution in [1.82, 2.24) is 0 Å². The Bertz CT molecular complexity index is 612. The second kappa shape index (κ2) is 7.03. The summed E-state index contributed by atoms with van der Waals surface area (Å²) in [5.41, 5.74) is 4.66. The molecule has 2 aromatic carbocycles. The van der Waals surface area contributed by atoms with Gasteiger partial charge in [-0.1, -0.05) is 41.2 Å². The van der Waals surface area contributed by atoms with Crippen molar-refractivity contribution < 1.29 is 4.74 Å². The third-order valence-electron chi connectivity index (χ3n) is 2.84. The van der Waals surface area contributed by atoms with Gasteiger partial charge in [0.1, 0.15) is 12.4 Å². The molecule has 20 heavy (non-hydrogen) atoms. The van der Waals surface area contributed by atoms with Gasteiger partial charge in [-0.2, -0.15) is 0 Å². The van der Waals surface area contributed by atoms with Crippen molar-refractivity contribution in [1.29, 1.82) is 0 Å². The standard InChI is InChI=1S/C18H17ClO/c1-14-10-15(2)12-17(11-14)13-20-18-7-5-16(6-8-18)4-3-9-19/h5-8,10-12H,9,13H2,1-2H3. The number of ether oxygens (including phenoxy) is 1. The van der Waals surface area contributed by atoms with Crippen LogP contribution in [0.5, 0.6) is 5.75 Å². The van der Waals surface area contributed by atoms with Crippen molar-refractivity contribution in [2.45, 2.75) is 20.5 Å². The maximum Gasteiger partial charge on any atom is 0.119 e. The molecular formula is C18H17ClO. The second-order valence-electron chi connectivity index (χ2n) is 4.74. The van der Waals surface area contributed by atoms with Crippen LogP contribution in [0, 0.1) is 25.7 Å². The average molecular weight is 285 g/mol. The molecule has 0 N–H and O–H groups in total. The molecule has 0 aliphatic heterocycles. The highest BCUT2D eigenvalue weighted by molar-refractivity contribution is 6.19. The topological polar surface area (TPSA) is 9.23 Å². The van der Waals surface area contributed by atoms with Crippen LogP contribution in [0.4, 0.5) is 0 Å². The van der Waals surface area contributed by atoms with E-state index in [1.807, 2.05) is 24.3 Å². The number of hydrogen-bond acceptors (Lipinski definition) is 1. The average Bonchev–Trinajstić information content (AvgIpc) is 2.43. The van der Waals surface area contributed by atoms with Crippen molar-refractivity contribution >= 4 is 11.6 Å². The van der Waals surface area contributed by atoms with Crippen LogP contribution < -0.4 is 4.74 Å². The van der Waals surface area contributed by atoms with Crippen LogP contribution in [0.2, 0.25) is 0 Å². The summed E-state index contributed by atoms with van der Waals surface area (Å²) in [5.74, 6) is 7.00. The molecule has 0 aliphatic rings. The molecule has 0 atom stereocenters. The lowest BCUT2D eigenvalue weighted by Gasteiger charge is -2.08. The summed E-state index contributed by atoms with van der Waals surface area (Å²) in [6, 6.07) is 14.2. The lowest BCUT2D eigenvalue weighted by molar-refractivity contribution is 0.306. The highest BCUT2D eigenvalue weighted by atomic mass is 35.5. The van der Waals surface area contributed by atoms with Gasteiger partial charge in [0.15, 0.2) is 0 Å². The molecule has 2 heteroatoms. The van der Waals surface area contributed by atoms with Crippen LogP contribution in [-0.2, 0) is 6.61 Å². The predicted octanol–water partition coefficient (Wildman–Crippen LogP) is 4.47. The maximum atomic E-state index is 5.79. The molecule has 102 valence electrons. The van der Waals surface area contributed by atoms with Gasteiger partial charge in [0, 0.05) is 5.56 Å². The Morgan fingerprint density at radius 1 is 1.00 bits per heavy atom. The molecule has 0 spiro atoms. The van der Waals surface area contributed by atoms with Gasteiger partial charge in [-0.05, 0) is 43.7 Å². The second-order valence-corrected chi connectivity index (χ2v) is 5.01. The fraction of sp³-hybridized carbons (Fsp3) is 0.222. The first kappa shape index (κ1) is 14.5. The highest BCUT2D eigenvalue weighted by Crippen LogP contribution is 2.15. The minimum absolute atomic E-state index is 0.352.